The maximum absolute atomic E-state index is 5.87. The predicted molar refractivity (Wildman–Crippen MR) is 81.0 cm³/mol. The molecule has 1 heterocycles. The Morgan fingerprint density at radius 2 is 2.20 bits per heavy atom. The molecular formula is C15H25N3O2. The second-order valence-electron chi connectivity index (χ2n) is 5.92. The zero-order chi connectivity index (χ0) is 14.8. The summed E-state index contributed by atoms with van der Waals surface area (Å²) in [5, 5.41) is 3.45. The van der Waals surface area contributed by atoms with Crippen LogP contribution in [-0.4, -0.2) is 30.8 Å². The highest BCUT2D eigenvalue weighted by Gasteiger charge is 2.48. The lowest BCUT2D eigenvalue weighted by Gasteiger charge is -2.51. The van der Waals surface area contributed by atoms with Crippen LogP contribution in [0.3, 0.4) is 0 Å². The van der Waals surface area contributed by atoms with Crippen molar-refractivity contribution in [1.82, 2.24) is 4.98 Å². The van der Waals surface area contributed by atoms with E-state index in [0.717, 1.165) is 18.7 Å². The summed E-state index contributed by atoms with van der Waals surface area (Å²) in [6.45, 7) is 7.09. The molecule has 3 N–H and O–H groups in total. The topological polar surface area (TPSA) is 69.4 Å². The maximum atomic E-state index is 5.87. The van der Waals surface area contributed by atoms with E-state index in [2.05, 4.69) is 31.1 Å². The van der Waals surface area contributed by atoms with Crippen LogP contribution >= 0.6 is 0 Å². The molecule has 20 heavy (non-hydrogen) atoms. The Balaban J connectivity index is 2.03. The monoisotopic (exact) mass is 279 g/mol. The molecule has 0 saturated heterocycles. The summed E-state index contributed by atoms with van der Waals surface area (Å²) in [5.74, 6) is 1.32. The Morgan fingerprint density at radius 1 is 1.45 bits per heavy atom. The number of methoxy groups -OCH3 is 1. The van der Waals surface area contributed by atoms with Crippen molar-refractivity contribution >= 4 is 11.5 Å². The number of hydrogen-bond donors (Lipinski definition) is 2. The highest BCUT2D eigenvalue weighted by Crippen LogP contribution is 2.44. The second-order valence-corrected chi connectivity index (χ2v) is 5.92. The van der Waals surface area contributed by atoms with Crippen LogP contribution < -0.4 is 15.8 Å². The molecule has 0 radical (unpaired) electrons. The van der Waals surface area contributed by atoms with Gasteiger partial charge in [-0.05, 0) is 25.0 Å². The summed E-state index contributed by atoms with van der Waals surface area (Å²) in [7, 11) is 1.76. The van der Waals surface area contributed by atoms with Crippen LogP contribution in [-0.2, 0) is 4.74 Å². The Hall–Kier alpha value is -1.49. The Labute approximate surface area is 120 Å². The minimum absolute atomic E-state index is 0.0995. The molecule has 2 atom stereocenters. The zero-order valence-corrected chi connectivity index (χ0v) is 12.8. The van der Waals surface area contributed by atoms with Crippen LogP contribution in [0.4, 0.5) is 11.5 Å². The molecule has 112 valence electrons. The van der Waals surface area contributed by atoms with Crippen molar-refractivity contribution in [2.75, 3.05) is 24.8 Å². The summed E-state index contributed by atoms with van der Waals surface area (Å²) >= 11 is 0. The normalized spacial score (nSPS) is 24.0. The molecule has 0 aliphatic heterocycles. The molecule has 0 bridgehead atoms. The van der Waals surface area contributed by atoms with E-state index in [0.29, 0.717) is 30.3 Å². The molecule has 2 rings (SSSR count). The van der Waals surface area contributed by atoms with Crippen molar-refractivity contribution in [2.24, 2.45) is 5.41 Å². The molecule has 1 aliphatic carbocycles. The third-order valence-electron chi connectivity index (χ3n) is 4.12. The molecule has 1 aliphatic rings. The van der Waals surface area contributed by atoms with Gasteiger partial charge in [0.1, 0.15) is 5.82 Å². The summed E-state index contributed by atoms with van der Waals surface area (Å²) in [5.41, 5.74) is 6.54. The molecule has 5 heteroatoms. The van der Waals surface area contributed by atoms with Gasteiger partial charge in [0, 0.05) is 18.6 Å². The van der Waals surface area contributed by atoms with Crippen LogP contribution in [0.5, 0.6) is 5.88 Å². The van der Waals surface area contributed by atoms with Crippen molar-refractivity contribution in [3.63, 3.8) is 0 Å². The van der Waals surface area contributed by atoms with Gasteiger partial charge in [-0.2, -0.15) is 4.98 Å². The van der Waals surface area contributed by atoms with E-state index in [1.165, 1.54) is 0 Å². The van der Waals surface area contributed by atoms with Crippen molar-refractivity contribution in [1.29, 1.82) is 0 Å². The summed E-state index contributed by atoms with van der Waals surface area (Å²) in [6, 6.07) is 4.08. The first-order valence-corrected chi connectivity index (χ1v) is 7.17. The van der Waals surface area contributed by atoms with Crippen molar-refractivity contribution in [3.8, 4) is 5.88 Å². The average molecular weight is 279 g/mol. The van der Waals surface area contributed by atoms with E-state index in [1.54, 1.807) is 7.11 Å². The predicted octanol–water partition coefficient (Wildman–Crippen LogP) is 2.68. The third kappa shape index (κ3) is 2.82. The van der Waals surface area contributed by atoms with Crippen LogP contribution in [0.15, 0.2) is 12.1 Å². The molecule has 1 saturated carbocycles. The quantitative estimate of drug-likeness (QED) is 0.838. The lowest BCUT2D eigenvalue weighted by molar-refractivity contribution is -0.0795. The lowest BCUT2D eigenvalue weighted by Crippen LogP contribution is -2.57. The van der Waals surface area contributed by atoms with Gasteiger partial charge in [0.05, 0.1) is 18.4 Å². The number of nitrogens with one attached hydrogen (secondary N) is 1. The molecule has 1 fully saturated rings. The van der Waals surface area contributed by atoms with Crippen molar-refractivity contribution < 1.29 is 9.47 Å². The first kappa shape index (κ1) is 14.9. The van der Waals surface area contributed by atoms with Gasteiger partial charge in [-0.15, -0.1) is 0 Å². The maximum Gasteiger partial charge on any atom is 0.239 e. The number of nitrogens with zero attached hydrogens (tertiary/aromatic N) is 1. The molecule has 5 nitrogen and oxygen atoms in total. The largest absolute Gasteiger partial charge is 0.476 e. The summed E-state index contributed by atoms with van der Waals surface area (Å²) in [6.07, 6.45) is 2.22. The Kier molecular flexibility index (Phi) is 4.38. The average Bonchev–Trinajstić information content (AvgIpc) is 2.43. The molecular weight excluding hydrogens is 254 g/mol. The number of anilines is 2. The molecule has 1 aromatic rings. The van der Waals surface area contributed by atoms with Crippen LogP contribution in [0.2, 0.25) is 0 Å². The van der Waals surface area contributed by atoms with Gasteiger partial charge >= 0.3 is 0 Å². The fourth-order valence-electron chi connectivity index (χ4n) is 2.55. The standard InChI is InChI=1S/C15H25N3O2/c1-5-8-20-14-10(16)6-7-13(18-14)17-11-9-12(19-4)15(11,2)3/h6-7,11-12H,5,8-9,16H2,1-4H3,(H,17,18). The van der Waals surface area contributed by atoms with Crippen molar-refractivity contribution in [3.05, 3.63) is 12.1 Å². The fourth-order valence-corrected chi connectivity index (χ4v) is 2.55. The smallest absolute Gasteiger partial charge is 0.239 e. The van der Waals surface area contributed by atoms with Crippen LogP contribution in [0.1, 0.15) is 33.6 Å². The number of rotatable bonds is 6. The molecule has 0 amide bonds. The van der Waals surface area contributed by atoms with E-state index in [1.807, 2.05) is 12.1 Å². The van der Waals surface area contributed by atoms with Gasteiger partial charge in [-0.25, -0.2) is 0 Å². The Morgan fingerprint density at radius 3 is 2.80 bits per heavy atom. The van der Waals surface area contributed by atoms with E-state index < -0.39 is 0 Å². The SMILES string of the molecule is CCCOc1nc(NC2CC(OC)C2(C)C)ccc1N. The molecule has 1 aromatic heterocycles. The number of nitrogen functional groups attached to an aromatic ring is 1. The summed E-state index contributed by atoms with van der Waals surface area (Å²) < 4.78 is 11.0. The molecule has 0 spiro atoms. The van der Waals surface area contributed by atoms with Crippen LogP contribution in [0.25, 0.3) is 0 Å². The van der Waals surface area contributed by atoms with Crippen molar-refractivity contribution in [2.45, 2.75) is 45.8 Å². The van der Waals surface area contributed by atoms with E-state index in [9.17, 15) is 0 Å². The van der Waals surface area contributed by atoms with E-state index >= 15 is 0 Å². The number of hydrogen-bond acceptors (Lipinski definition) is 5. The van der Waals surface area contributed by atoms with Gasteiger partial charge in [0.2, 0.25) is 5.88 Å². The first-order chi connectivity index (χ1) is 9.48. The van der Waals surface area contributed by atoms with Gasteiger partial charge in [-0.1, -0.05) is 20.8 Å². The van der Waals surface area contributed by atoms with E-state index in [-0.39, 0.29) is 5.41 Å². The number of ether oxygens (including phenoxy) is 2. The van der Waals surface area contributed by atoms with Gasteiger partial charge < -0.3 is 20.5 Å². The highest BCUT2D eigenvalue weighted by atomic mass is 16.5. The minimum Gasteiger partial charge on any atom is -0.476 e. The first-order valence-electron chi connectivity index (χ1n) is 7.17. The molecule has 2 unspecified atom stereocenters. The number of aromatic nitrogens is 1. The van der Waals surface area contributed by atoms with Gasteiger partial charge in [0.15, 0.2) is 0 Å². The lowest BCUT2D eigenvalue weighted by atomic mass is 9.64. The van der Waals surface area contributed by atoms with Gasteiger partial charge in [-0.3, -0.25) is 0 Å². The highest BCUT2D eigenvalue weighted by molar-refractivity contribution is 5.54. The number of pyridine rings is 1. The summed E-state index contributed by atoms with van der Waals surface area (Å²) in [4.78, 5) is 4.45. The van der Waals surface area contributed by atoms with E-state index in [4.69, 9.17) is 15.2 Å². The van der Waals surface area contributed by atoms with Crippen LogP contribution in [0, 0.1) is 5.41 Å². The number of nitrogens with two attached hydrogens (primary N) is 1. The Bertz CT molecular complexity index is 462. The second kappa shape index (κ2) is 5.87. The zero-order valence-electron chi connectivity index (χ0n) is 12.8. The van der Waals surface area contributed by atoms with Gasteiger partial charge in [0.25, 0.3) is 0 Å². The minimum atomic E-state index is 0.0995. The fraction of sp³-hybridized carbons (Fsp3) is 0.667. The molecule has 0 aromatic carbocycles. The third-order valence-corrected chi connectivity index (χ3v) is 4.12.